The Morgan fingerprint density at radius 3 is 2.70 bits per heavy atom. The minimum atomic E-state index is -0.457. The quantitative estimate of drug-likeness (QED) is 0.329. The van der Waals surface area contributed by atoms with Crippen LogP contribution in [0.25, 0.3) is 5.69 Å². The molecule has 0 radical (unpaired) electrons. The maximum atomic E-state index is 11.0. The summed E-state index contributed by atoms with van der Waals surface area (Å²) in [5.41, 5.74) is 4.60. The van der Waals surface area contributed by atoms with Gasteiger partial charge in [0.25, 0.3) is 5.69 Å². The lowest BCUT2D eigenvalue weighted by atomic mass is 10.1. The fourth-order valence-electron chi connectivity index (χ4n) is 3.21. The minimum Gasteiger partial charge on any atom is -0.494 e. The van der Waals surface area contributed by atoms with Gasteiger partial charge in [0.05, 0.1) is 41.6 Å². The molecule has 0 saturated carbocycles. The van der Waals surface area contributed by atoms with Gasteiger partial charge < -0.3 is 14.1 Å². The molecule has 3 rings (SSSR count). The van der Waals surface area contributed by atoms with Crippen LogP contribution in [0.4, 0.5) is 5.69 Å². The van der Waals surface area contributed by atoms with Crippen LogP contribution in [0.15, 0.2) is 53.7 Å². The molecule has 8 nitrogen and oxygen atoms in total. The Morgan fingerprint density at radius 2 is 2.00 bits per heavy atom. The maximum absolute atomic E-state index is 11.0. The second-order valence-electron chi connectivity index (χ2n) is 6.55. The summed E-state index contributed by atoms with van der Waals surface area (Å²) in [6.07, 6.45) is 1.60. The Bertz CT molecular complexity index is 1160. The van der Waals surface area contributed by atoms with Gasteiger partial charge in [-0.25, -0.2) is 0 Å². The number of hydrogen-bond acceptors (Lipinski definition) is 6. The number of non-ortho nitro benzene ring substituents is 1. The summed E-state index contributed by atoms with van der Waals surface area (Å²) in [6, 6.07) is 15.8. The molecular weight excluding hydrogens is 384 g/mol. The Hall–Kier alpha value is -4.12. The van der Waals surface area contributed by atoms with Gasteiger partial charge in [0.1, 0.15) is 12.4 Å². The first-order valence-electron chi connectivity index (χ1n) is 9.11. The Balaban J connectivity index is 1.83. The van der Waals surface area contributed by atoms with Crippen molar-refractivity contribution in [2.75, 3.05) is 7.11 Å². The zero-order chi connectivity index (χ0) is 21.7. The van der Waals surface area contributed by atoms with Gasteiger partial charge in [0.2, 0.25) is 0 Å². The molecule has 0 aliphatic rings. The minimum absolute atomic E-state index is 0.0362. The third-order valence-corrected chi connectivity index (χ3v) is 4.71. The van der Waals surface area contributed by atoms with E-state index < -0.39 is 4.92 Å². The molecule has 0 bridgehead atoms. The molecule has 0 N–H and O–H groups in total. The second kappa shape index (κ2) is 8.92. The molecule has 2 aromatic carbocycles. The molecule has 0 amide bonds. The first-order valence-corrected chi connectivity index (χ1v) is 9.11. The molecule has 0 unspecified atom stereocenters. The van der Waals surface area contributed by atoms with Gasteiger partial charge >= 0.3 is 0 Å². The monoisotopic (exact) mass is 404 g/mol. The maximum Gasteiger partial charge on any atom is 0.273 e. The summed E-state index contributed by atoms with van der Waals surface area (Å²) < 4.78 is 7.31. The number of rotatable bonds is 7. The molecule has 0 atom stereocenters. The normalized spacial score (nSPS) is 10.7. The predicted molar refractivity (Wildman–Crippen MR) is 112 cm³/mol. The molecule has 1 aromatic heterocycles. The molecule has 0 spiro atoms. The van der Waals surface area contributed by atoms with Crippen LogP contribution in [0.1, 0.15) is 28.1 Å². The Kier molecular flexibility index (Phi) is 6.13. The summed E-state index contributed by atoms with van der Waals surface area (Å²) in [7, 11) is 1.48. The summed E-state index contributed by atoms with van der Waals surface area (Å²) in [5, 5.41) is 24.2. The largest absolute Gasteiger partial charge is 0.494 e. The number of oxime groups is 1. The van der Waals surface area contributed by atoms with E-state index in [0.717, 1.165) is 22.5 Å². The highest BCUT2D eigenvalue weighted by molar-refractivity contribution is 5.82. The van der Waals surface area contributed by atoms with E-state index in [-0.39, 0.29) is 12.3 Å². The summed E-state index contributed by atoms with van der Waals surface area (Å²) in [4.78, 5) is 16.0. The molecule has 0 aliphatic heterocycles. The van der Waals surface area contributed by atoms with Crippen molar-refractivity contribution in [1.29, 1.82) is 5.26 Å². The van der Waals surface area contributed by atoms with Gasteiger partial charge in [0.15, 0.2) is 0 Å². The molecule has 0 saturated heterocycles. The van der Waals surface area contributed by atoms with E-state index in [4.69, 9.17) is 14.8 Å². The van der Waals surface area contributed by atoms with Crippen LogP contribution < -0.4 is 4.74 Å². The Labute approximate surface area is 173 Å². The van der Waals surface area contributed by atoms with Crippen molar-refractivity contribution in [2.24, 2.45) is 5.16 Å². The zero-order valence-corrected chi connectivity index (χ0v) is 16.8. The van der Waals surface area contributed by atoms with E-state index in [2.05, 4.69) is 11.2 Å². The molecule has 30 heavy (non-hydrogen) atoms. The highest BCUT2D eigenvalue weighted by Gasteiger charge is 2.17. The standard InChI is InChI=1S/C22H20N4O4/c1-15-10-19(13-24-30-14-18-7-5-4-6-17(18)12-23)16(2)25(15)21-9-8-20(26(27)28)11-22(21)29-3/h4-11,13H,14H2,1-3H3/b24-13-. The van der Waals surface area contributed by atoms with E-state index >= 15 is 0 Å². The van der Waals surface area contributed by atoms with Crippen LogP contribution in [0, 0.1) is 35.3 Å². The first kappa shape index (κ1) is 20.6. The van der Waals surface area contributed by atoms with Crippen LogP contribution >= 0.6 is 0 Å². The Morgan fingerprint density at radius 1 is 1.23 bits per heavy atom. The summed E-state index contributed by atoms with van der Waals surface area (Å²) >= 11 is 0. The lowest BCUT2D eigenvalue weighted by Crippen LogP contribution is -2.03. The highest BCUT2D eigenvalue weighted by Crippen LogP contribution is 2.31. The summed E-state index contributed by atoms with van der Waals surface area (Å²) in [5.74, 6) is 0.402. The smallest absolute Gasteiger partial charge is 0.273 e. The van der Waals surface area contributed by atoms with Crippen molar-refractivity contribution < 1.29 is 14.5 Å². The number of methoxy groups -OCH3 is 1. The average Bonchev–Trinajstić information content (AvgIpc) is 3.03. The van der Waals surface area contributed by atoms with Crippen LogP contribution in [-0.4, -0.2) is 22.8 Å². The van der Waals surface area contributed by atoms with Crippen LogP contribution in [-0.2, 0) is 11.4 Å². The third-order valence-electron chi connectivity index (χ3n) is 4.71. The van der Waals surface area contributed by atoms with Gasteiger partial charge in [-0.15, -0.1) is 0 Å². The second-order valence-corrected chi connectivity index (χ2v) is 6.55. The fraction of sp³-hybridized carbons (Fsp3) is 0.182. The number of nitro groups is 1. The fourth-order valence-corrected chi connectivity index (χ4v) is 3.21. The van der Waals surface area contributed by atoms with Gasteiger partial charge in [-0.2, -0.15) is 5.26 Å². The van der Waals surface area contributed by atoms with E-state index in [0.29, 0.717) is 17.0 Å². The van der Waals surface area contributed by atoms with E-state index in [1.165, 1.54) is 19.2 Å². The number of nitro benzene ring substituents is 1. The van der Waals surface area contributed by atoms with Gasteiger partial charge in [-0.05, 0) is 32.0 Å². The highest BCUT2D eigenvalue weighted by atomic mass is 16.6. The van der Waals surface area contributed by atoms with Crippen LogP contribution in [0.2, 0.25) is 0 Å². The molecular formula is C22H20N4O4. The number of aromatic nitrogens is 1. The molecule has 0 aliphatic carbocycles. The van der Waals surface area contributed by atoms with E-state index in [9.17, 15) is 10.1 Å². The molecule has 0 fully saturated rings. The molecule has 8 heteroatoms. The number of benzene rings is 2. The van der Waals surface area contributed by atoms with E-state index in [1.54, 1.807) is 24.4 Å². The molecule has 3 aromatic rings. The SMILES string of the molecule is COc1cc([N+](=O)[O-])ccc1-n1c(C)cc(/C=N\OCc2ccccc2C#N)c1C. The van der Waals surface area contributed by atoms with Crippen LogP contribution in [0.3, 0.4) is 0 Å². The van der Waals surface area contributed by atoms with Gasteiger partial charge in [-0.1, -0.05) is 23.4 Å². The number of hydrogen-bond donors (Lipinski definition) is 0. The van der Waals surface area contributed by atoms with Gasteiger partial charge in [-0.3, -0.25) is 10.1 Å². The van der Waals surface area contributed by atoms with Crippen molar-refractivity contribution in [3.8, 4) is 17.5 Å². The van der Waals surface area contributed by atoms with Crippen molar-refractivity contribution >= 4 is 11.9 Å². The van der Waals surface area contributed by atoms with Crippen molar-refractivity contribution in [2.45, 2.75) is 20.5 Å². The van der Waals surface area contributed by atoms with Gasteiger partial charge in [0, 0.05) is 28.6 Å². The number of ether oxygens (including phenoxy) is 1. The summed E-state index contributed by atoms with van der Waals surface area (Å²) in [6.45, 7) is 4.03. The van der Waals surface area contributed by atoms with Crippen molar-refractivity contribution in [3.05, 3.63) is 86.7 Å². The predicted octanol–water partition coefficient (Wildman–Crippen LogP) is 4.43. The van der Waals surface area contributed by atoms with E-state index in [1.807, 2.05) is 36.6 Å². The zero-order valence-electron chi connectivity index (χ0n) is 16.8. The van der Waals surface area contributed by atoms with Crippen LogP contribution in [0.5, 0.6) is 5.75 Å². The number of nitriles is 1. The molecule has 1 heterocycles. The first-order chi connectivity index (χ1) is 14.5. The third kappa shape index (κ3) is 4.15. The molecule has 152 valence electrons. The number of aryl methyl sites for hydroxylation is 1. The topological polar surface area (TPSA) is 103 Å². The lowest BCUT2D eigenvalue weighted by Gasteiger charge is -2.13. The number of nitrogens with zero attached hydrogens (tertiary/aromatic N) is 4. The lowest BCUT2D eigenvalue weighted by molar-refractivity contribution is -0.384. The van der Waals surface area contributed by atoms with Crippen molar-refractivity contribution in [3.63, 3.8) is 0 Å². The average molecular weight is 404 g/mol. The van der Waals surface area contributed by atoms with Crippen molar-refractivity contribution in [1.82, 2.24) is 4.57 Å².